The Morgan fingerprint density at radius 1 is 0.941 bits per heavy atom. The van der Waals surface area contributed by atoms with Gasteiger partial charge in [-0.1, -0.05) is 57.4 Å². The lowest BCUT2D eigenvalue weighted by atomic mass is 10.3. The summed E-state index contributed by atoms with van der Waals surface area (Å²) in [5.41, 5.74) is 0. The molecule has 0 heterocycles. The van der Waals surface area contributed by atoms with Gasteiger partial charge in [0.1, 0.15) is 0 Å². The average Bonchev–Trinajstić information content (AvgIpc) is 2.27. The van der Waals surface area contributed by atoms with E-state index in [2.05, 4.69) is 34.6 Å². The molecule has 0 aromatic heterocycles. The highest BCUT2D eigenvalue weighted by Gasteiger charge is 2.31. The van der Waals surface area contributed by atoms with Crippen LogP contribution in [0.2, 0.25) is 0 Å². The van der Waals surface area contributed by atoms with Crippen molar-refractivity contribution in [1.29, 1.82) is 0 Å². The minimum absolute atomic E-state index is 0.0777. The second kappa shape index (κ2) is 8.90. The summed E-state index contributed by atoms with van der Waals surface area (Å²) in [6, 6.07) is 0. The molecular formula is C12H27O2PS2. The maximum atomic E-state index is 12.8. The summed E-state index contributed by atoms with van der Waals surface area (Å²) in [7, 11) is 0. The molecule has 0 aliphatic rings. The van der Waals surface area contributed by atoms with E-state index < -0.39 is 5.77 Å². The molecule has 0 aliphatic heterocycles. The molecular weight excluding hydrogens is 271 g/mol. The zero-order valence-corrected chi connectivity index (χ0v) is 14.5. The van der Waals surface area contributed by atoms with E-state index in [1.807, 2.05) is 6.92 Å². The molecule has 0 N–H and O–H groups in total. The second-order valence-corrected chi connectivity index (χ2v) is 12.4. The molecule has 0 saturated heterocycles. The van der Waals surface area contributed by atoms with Crippen molar-refractivity contribution in [2.75, 3.05) is 0 Å². The van der Waals surface area contributed by atoms with Gasteiger partial charge < -0.3 is 4.52 Å². The van der Waals surface area contributed by atoms with Crippen LogP contribution in [0.25, 0.3) is 0 Å². The normalized spacial score (nSPS) is 20.6. The highest BCUT2D eigenvalue weighted by molar-refractivity contribution is 8.89. The zero-order chi connectivity index (χ0) is 13.5. The third-order valence-electron chi connectivity index (χ3n) is 2.65. The van der Waals surface area contributed by atoms with Crippen molar-refractivity contribution in [2.45, 2.75) is 77.4 Å². The Kier molecular flexibility index (Phi) is 9.37. The van der Waals surface area contributed by atoms with E-state index in [1.54, 1.807) is 0 Å². The number of hydrogen-bond acceptors (Lipinski definition) is 4. The highest BCUT2D eigenvalue weighted by Crippen LogP contribution is 2.73. The summed E-state index contributed by atoms with van der Waals surface area (Å²) < 4.78 is 18.6. The van der Waals surface area contributed by atoms with Crippen LogP contribution in [0.4, 0.5) is 0 Å². The lowest BCUT2D eigenvalue weighted by Crippen LogP contribution is -2.05. The summed E-state index contributed by atoms with van der Waals surface area (Å²) in [5, 5.41) is 0.780. The summed E-state index contributed by atoms with van der Waals surface area (Å²) in [4.78, 5) is 0. The lowest BCUT2D eigenvalue weighted by molar-refractivity contribution is 0.235. The Labute approximate surface area is 115 Å². The topological polar surface area (TPSA) is 26.3 Å². The largest absolute Gasteiger partial charge is 0.313 e. The van der Waals surface area contributed by atoms with E-state index >= 15 is 0 Å². The monoisotopic (exact) mass is 298 g/mol. The van der Waals surface area contributed by atoms with Crippen molar-refractivity contribution in [3.63, 3.8) is 0 Å². The van der Waals surface area contributed by atoms with Crippen LogP contribution in [0.3, 0.4) is 0 Å². The van der Waals surface area contributed by atoms with Gasteiger partial charge in [-0.3, -0.25) is 4.57 Å². The minimum Gasteiger partial charge on any atom is -0.311 e. The first-order valence-electron chi connectivity index (χ1n) is 6.52. The molecule has 3 unspecified atom stereocenters. The van der Waals surface area contributed by atoms with Gasteiger partial charge in [0.25, 0.3) is 0 Å². The molecule has 0 aromatic rings. The second-order valence-electron chi connectivity index (χ2n) is 4.42. The Hall–Kier alpha value is 0.890. The van der Waals surface area contributed by atoms with E-state index in [9.17, 15) is 4.57 Å². The first-order chi connectivity index (χ1) is 7.86. The van der Waals surface area contributed by atoms with Crippen molar-refractivity contribution in [1.82, 2.24) is 0 Å². The standard InChI is InChI=1S/C12H27O2PS2/c1-7-10(4)14-15(13,16-11(5)8-2)17-12(6)9-3/h10-12H,7-9H2,1-6H3. The minimum atomic E-state index is -2.60. The molecule has 0 aliphatic carbocycles. The van der Waals surface area contributed by atoms with E-state index in [4.69, 9.17) is 4.52 Å². The van der Waals surface area contributed by atoms with Crippen molar-refractivity contribution in [3.8, 4) is 0 Å². The maximum Gasteiger partial charge on any atom is 0.313 e. The van der Waals surface area contributed by atoms with Gasteiger partial charge in [0.05, 0.1) is 6.10 Å². The molecule has 17 heavy (non-hydrogen) atoms. The molecule has 0 fully saturated rings. The Morgan fingerprint density at radius 2 is 1.35 bits per heavy atom. The maximum absolute atomic E-state index is 12.8. The molecule has 0 saturated carbocycles. The van der Waals surface area contributed by atoms with Crippen LogP contribution < -0.4 is 0 Å². The van der Waals surface area contributed by atoms with Gasteiger partial charge in [-0.2, -0.15) is 0 Å². The lowest BCUT2D eigenvalue weighted by Gasteiger charge is -2.25. The van der Waals surface area contributed by atoms with Gasteiger partial charge in [-0.25, -0.2) is 0 Å². The van der Waals surface area contributed by atoms with Crippen LogP contribution in [-0.4, -0.2) is 16.6 Å². The van der Waals surface area contributed by atoms with Gasteiger partial charge in [0, 0.05) is 10.5 Å². The highest BCUT2D eigenvalue weighted by atomic mass is 33.1. The quantitative estimate of drug-likeness (QED) is 0.490. The fraction of sp³-hybridized carbons (Fsp3) is 1.00. The van der Waals surface area contributed by atoms with Crippen molar-refractivity contribution in [3.05, 3.63) is 0 Å². The summed E-state index contributed by atoms with van der Waals surface area (Å²) in [6.07, 6.45) is 3.04. The molecule has 2 nitrogen and oxygen atoms in total. The van der Waals surface area contributed by atoms with Crippen LogP contribution in [-0.2, 0) is 9.09 Å². The fourth-order valence-electron chi connectivity index (χ4n) is 0.959. The Bertz CT molecular complexity index is 211. The van der Waals surface area contributed by atoms with Crippen LogP contribution >= 0.6 is 28.5 Å². The summed E-state index contributed by atoms with van der Waals surface area (Å²) >= 11 is 3.06. The number of hydrogen-bond donors (Lipinski definition) is 0. The Morgan fingerprint density at radius 3 is 1.65 bits per heavy atom. The molecule has 0 aromatic carbocycles. The molecule has 104 valence electrons. The van der Waals surface area contributed by atoms with Crippen LogP contribution in [0.1, 0.15) is 60.8 Å². The van der Waals surface area contributed by atoms with Gasteiger partial charge in [-0.15, -0.1) is 0 Å². The SMILES string of the molecule is CCC(C)OP(=O)(SC(C)CC)SC(C)CC. The van der Waals surface area contributed by atoms with Crippen LogP contribution in [0, 0.1) is 0 Å². The van der Waals surface area contributed by atoms with E-state index in [0.29, 0.717) is 10.5 Å². The van der Waals surface area contributed by atoms with Crippen LogP contribution in [0.5, 0.6) is 0 Å². The van der Waals surface area contributed by atoms with E-state index in [1.165, 1.54) is 22.8 Å². The molecule has 3 atom stereocenters. The fourth-order valence-corrected chi connectivity index (χ4v) is 10.8. The molecule has 0 bridgehead atoms. The van der Waals surface area contributed by atoms with Crippen molar-refractivity contribution >= 4 is 28.5 Å². The Balaban J connectivity index is 4.62. The molecule has 0 spiro atoms. The van der Waals surface area contributed by atoms with Gasteiger partial charge >= 0.3 is 5.77 Å². The molecule has 5 heteroatoms. The van der Waals surface area contributed by atoms with Crippen molar-refractivity contribution in [2.24, 2.45) is 0 Å². The predicted molar refractivity (Wildman–Crippen MR) is 83.1 cm³/mol. The van der Waals surface area contributed by atoms with Crippen LogP contribution in [0.15, 0.2) is 0 Å². The first-order valence-corrected chi connectivity index (χ1v) is 11.1. The predicted octanol–water partition coefficient (Wildman–Crippen LogP) is 5.97. The third-order valence-corrected chi connectivity index (χ3v) is 10.9. The van der Waals surface area contributed by atoms with Gasteiger partial charge in [-0.05, 0) is 26.2 Å². The van der Waals surface area contributed by atoms with Gasteiger partial charge in [0.15, 0.2) is 0 Å². The smallest absolute Gasteiger partial charge is 0.311 e. The molecule has 0 amide bonds. The summed E-state index contributed by atoms with van der Waals surface area (Å²) in [6.45, 7) is 12.6. The average molecular weight is 298 g/mol. The third kappa shape index (κ3) is 7.81. The summed E-state index contributed by atoms with van der Waals surface area (Å²) in [5.74, 6) is -2.60. The van der Waals surface area contributed by atoms with Gasteiger partial charge in [0.2, 0.25) is 0 Å². The first kappa shape index (κ1) is 17.9. The van der Waals surface area contributed by atoms with Crippen molar-refractivity contribution < 1.29 is 9.09 Å². The molecule has 0 radical (unpaired) electrons. The molecule has 0 rings (SSSR count). The number of rotatable bonds is 9. The zero-order valence-electron chi connectivity index (χ0n) is 11.9. The van der Waals surface area contributed by atoms with E-state index in [-0.39, 0.29) is 6.10 Å². The van der Waals surface area contributed by atoms with E-state index in [0.717, 1.165) is 19.3 Å².